The van der Waals surface area contributed by atoms with Gasteiger partial charge in [-0.05, 0) is 51.2 Å². The number of hydrogen-bond donors (Lipinski definition) is 1. The van der Waals surface area contributed by atoms with E-state index in [1.54, 1.807) is 0 Å². The third kappa shape index (κ3) is 6.35. The maximum atomic E-state index is 12.3. The third-order valence-electron chi connectivity index (χ3n) is 4.85. The molecule has 1 amide bonds. The fourth-order valence-corrected chi connectivity index (χ4v) is 3.53. The van der Waals surface area contributed by atoms with E-state index in [0.717, 1.165) is 32.5 Å². The first kappa shape index (κ1) is 18.4. The molecule has 4 nitrogen and oxygen atoms in total. The van der Waals surface area contributed by atoms with Crippen LogP contribution in [0.2, 0.25) is 0 Å². The molecule has 21 heavy (non-hydrogen) atoms. The van der Waals surface area contributed by atoms with Crippen LogP contribution in [0, 0.1) is 5.92 Å². The van der Waals surface area contributed by atoms with Gasteiger partial charge in [0.05, 0.1) is 0 Å². The van der Waals surface area contributed by atoms with Gasteiger partial charge in [0, 0.05) is 26.1 Å². The van der Waals surface area contributed by atoms with Crippen molar-refractivity contribution in [2.24, 2.45) is 11.7 Å². The number of amides is 1. The summed E-state index contributed by atoms with van der Waals surface area (Å²) in [5, 5.41) is 0. The van der Waals surface area contributed by atoms with Crippen molar-refractivity contribution < 1.29 is 4.79 Å². The van der Waals surface area contributed by atoms with E-state index in [1.807, 2.05) is 11.9 Å². The van der Waals surface area contributed by atoms with Crippen LogP contribution in [0.3, 0.4) is 0 Å². The minimum atomic E-state index is 0.302. The van der Waals surface area contributed by atoms with Gasteiger partial charge in [0.2, 0.25) is 5.91 Å². The largest absolute Gasteiger partial charge is 0.344 e. The summed E-state index contributed by atoms with van der Waals surface area (Å²) in [6, 6.07) is 0.569. The molecule has 0 aromatic carbocycles. The van der Waals surface area contributed by atoms with Crippen molar-refractivity contribution in [3.8, 4) is 0 Å². The quantitative estimate of drug-likeness (QED) is 0.674. The van der Waals surface area contributed by atoms with Gasteiger partial charge < -0.3 is 10.6 Å². The standard InChI is InChI=1S/C17H35N3O/c1-4-7-15(11-12-18)9-10-17(21)19(3)14-16-8-6-13-20(16)5-2/h15-16H,4-14,18H2,1-3H3. The van der Waals surface area contributed by atoms with Gasteiger partial charge in [0.25, 0.3) is 0 Å². The second-order valence-corrected chi connectivity index (χ2v) is 6.47. The molecular formula is C17H35N3O. The molecule has 0 aliphatic carbocycles. The molecule has 1 rings (SSSR count). The van der Waals surface area contributed by atoms with Crippen molar-refractivity contribution in [3.05, 3.63) is 0 Å². The van der Waals surface area contributed by atoms with E-state index in [0.29, 0.717) is 24.3 Å². The van der Waals surface area contributed by atoms with Crippen LogP contribution in [0.1, 0.15) is 58.8 Å². The van der Waals surface area contributed by atoms with Gasteiger partial charge in [-0.3, -0.25) is 9.69 Å². The fraction of sp³-hybridized carbons (Fsp3) is 0.941. The van der Waals surface area contributed by atoms with E-state index in [1.165, 1.54) is 32.2 Å². The highest BCUT2D eigenvalue weighted by atomic mass is 16.2. The van der Waals surface area contributed by atoms with E-state index in [2.05, 4.69) is 18.7 Å². The predicted molar refractivity (Wildman–Crippen MR) is 89.2 cm³/mol. The third-order valence-corrected chi connectivity index (χ3v) is 4.85. The van der Waals surface area contributed by atoms with Crippen molar-refractivity contribution in [1.29, 1.82) is 0 Å². The van der Waals surface area contributed by atoms with Gasteiger partial charge >= 0.3 is 0 Å². The number of hydrogen-bond acceptors (Lipinski definition) is 3. The molecule has 0 saturated carbocycles. The molecule has 1 aliphatic rings. The van der Waals surface area contributed by atoms with E-state index >= 15 is 0 Å². The molecular weight excluding hydrogens is 262 g/mol. The van der Waals surface area contributed by atoms with E-state index in [-0.39, 0.29) is 0 Å². The predicted octanol–water partition coefficient (Wildman–Crippen LogP) is 2.47. The van der Waals surface area contributed by atoms with Gasteiger partial charge in [-0.15, -0.1) is 0 Å². The Kier molecular flexibility index (Phi) is 8.93. The first-order valence-electron chi connectivity index (χ1n) is 8.80. The second-order valence-electron chi connectivity index (χ2n) is 6.47. The average molecular weight is 297 g/mol. The Bertz CT molecular complexity index is 290. The van der Waals surface area contributed by atoms with Crippen LogP contribution < -0.4 is 5.73 Å². The van der Waals surface area contributed by atoms with Crippen LogP contribution in [-0.2, 0) is 4.79 Å². The first-order valence-corrected chi connectivity index (χ1v) is 8.80. The lowest BCUT2D eigenvalue weighted by Crippen LogP contribution is -2.41. The van der Waals surface area contributed by atoms with Crippen molar-refractivity contribution >= 4 is 5.91 Å². The number of nitrogens with zero attached hydrogens (tertiary/aromatic N) is 2. The van der Waals surface area contributed by atoms with E-state index in [9.17, 15) is 4.79 Å². The van der Waals surface area contributed by atoms with Crippen molar-refractivity contribution in [3.63, 3.8) is 0 Å². The lowest BCUT2D eigenvalue weighted by Gasteiger charge is -2.28. The molecule has 0 bridgehead atoms. The Morgan fingerprint density at radius 3 is 2.71 bits per heavy atom. The molecule has 2 unspecified atom stereocenters. The number of carbonyl (C=O) groups excluding carboxylic acids is 1. The molecule has 4 heteroatoms. The van der Waals surface area contributed by atoms with Crippen molar-refractivity contribution in [2.45, 2.75) is 64.8 Å². The first-order chi connectivity index (χ1) is 10.1. The van der Waals surface area contributed by atoms with Gasteiger partial charge in [-0.1, -0.05) is 26.7 Å². The van der Waals surface area contributed by atoms with Gasteiger partial charge in [0.1, 0.15) is 0 Å². The summed E-state index contributed by atoms with van der Waals surface area (Å²) in [5.74, 6) is 0.923. The van der Waals surface area contributed by atoms with Crippen LogP contribution in [0.25, 0.3) is 0 Å². The molecule has 0 aromatic heterocycles. The zero-order valence-corrected chi connectivity index (χ0v) is 14.3. The molecule has 2 atom stereocenters. The number of carbonyl (C=O) groups is 1. The van der Waals surface area contributed by atoms with E-state index < -0.39 is 0 Å². The van der Waals surface area contributed by atoms with Gasteiger partial charge in [-0.2, -0.15) is 0 Å². The van der Waals surface area contributed by atoms with Crippen LogP contribution >= 0.6 is 0 Å². The minimum absolute atomic E-state index is 0.302. The summed E-state index contributed by atoms with van der Waals surface area (Å²) in [6.45, 7) is 8.34. The molecule has 1 aliphatic heterocycles. The monoisotopic (exact) mass is 297 g/mol. The maximum Gasteiger partial charge on any atom is 0.222 e. The normalized spacial score (nSPS) is 20.7. The van der Waals surface area contributed by atoms with Gasteiger partial charge in [-0.25, -0.2) is 0 Å². The highest BCUT2D eigenvalue weighted by Gasteiger charge is 2.25. The van der Waals surface area contributed by atoms with Crippen LogP contribution in [0.15, 0.2) is 0 Å². The highest BCUT2D eigenvalue weighted by Crippen LogP contribution is 2.20. The number of likely N-dealkylation sites (N-methyl/N-ethyl adjacent to an activating group) is 2. The summed E-state index contributed by atoms with van der Waals surface area (Å²) in [5.41, 5.74) is 5.66. The smallest absolute Gasteiger partial charge is 0.222 e. The molecule has 1 saturated heterocycles. The highest BCUT2D eigenvalue weighted by molar-refractivity contribution is 5.75. The van der Waals surface area contributed by atoms with Crippen LogP contribution in [-0.4, -0.2) is 55.0 Å². The lowest BCUT2D eigenvalue weighted by atomic mass is 9.94. The molecule has 1 heterocycles. The topological polar surface area (TPSA) is 49.6 Å². The summed E-state index contributed by atoms with van der Waals surface area (Å²) < 4.78 is 0. The van der Waals surface area contributed by atoms with E-state index in [4.69, 9.17) is 5.73 Å². The second kappa shape index (κ2) is 10.2. The summed E-state index contributed by atoms with van der Waals surface area (Å²) >= 11 is 0. The summed E-state index contributed by atoms with van der Waals surface area (Å²) in [7, 11) is 1.96. The molecule has 0 aromatic rings. The van der Waals surface area contributed by atoms with Gasteiger partial charge in [0.15, 0.2) is 0 Å². The van der Waals surface area contributed by atoms with Crippen LogP contribution in [0.5, 0.6) is 0 Å². The maximum absolute atomic E-state index is 12.3. The molecule has 2 N–H and O–H groups in total. The molecule has 124 valence electrons. The Morgan fingerprint density at radius 1 is 1.33 bits per heavy atom. The Labute approximate surface area is 131 Å². The lowest BCUT2D eigenvalue weighted by molar-refractivity contribution is -0.130. The summed E-state index contributed by atoms with van der Waals surface area (Å²) in [6.07, 6.45) is 7.61. The summed E-state index contributed by atoms with van der Waals surface area (Å²) in [4.78, 5) is 16.8. The molecule has 0 radical (unpaired) electrons. The fourth-order valence-electron chi connectivity index (χ4n) is 3.53. The Morgan fingerprint density at radius 2 is 2.10 bits per heavy atom. The SMILES string of the molecule is CCCC(CCN)CCC(=O)N(C)CC1CCCN1CC. The number of likely N-dealkylation sites (tertiary alicyclic amines) is 1. The Balaban J connectivity index is 2.33. The number of nitrogens with two attached hydrogens (primary N) is 1. The number of rotatable bonds is 10. The van der Waals surface area contributed by atoms with Crippen molar-refractivity contribution in [1.82, 2.24) is 9.80 Å². The zero-order chi connectivity index (χ0) is 15.7. The molecule has 0 spiro atoms. The minimum Gasteiger partial charge on any atom is -0.344 e. The zero-order valence-electron chi connectivity index (χ0n) is 14.3. The Hall–Kier alpha value is -0.610. The van der Waals surface area contributed by atoms with Crippen LogP contribution in [0.4, 0.5) is 0 Å². The average Bonchev–Trinajstić information content (AvgIpc) is 2.92. The molecule has 1 fully saturated rings. The van der Waals surface area contributed by atoms with Crippen molar-refractivity contribution in [2.75, 3.05) is 33.2 Å².